The number of aryl methyl sites for hydroxylation is 1. The van der Waals surface area contributed by atoms with Gasteiger partial charge in [0, 0.05) is 16.3 Å². The normalized spacial score (nSPS) is 10.9. The number of anilines is 3. The van der Waals surface area contributed by atoms with Crippen LogP contribution in [0.4, 0.5) is 17.2 Å². The number of benzene rings is 1. The number of nitrogens with one attached hydrogen (secondary N) is 1. The van der Waals surface area contributed by atoms with Crippen LogP contribution in [0.15, 0.2) is 24.3 Å². The van der Waals surface area contributed by atoms with Crippen LogP contribution in [-0.4, -0.2) is 9.78 Å². The standard InChI is InChI=1S/C13H17IN4/c1-8(2)12-11(15)13(18(3)17-12)16-10-6-4-9(14)5-7-10/h4-8,16H,15H2,1-3H3. The molecule has 0 aliphatic heterocycles. The van der Waals surface area contributed by atoms with Gasteiger partial charge in [0.2, 0.25) is 0 Å². The minimum absolute atomic E-state index is 0.323. The van der Waals surface area contributed by atoms with Gasteiger partial charge < -0.3 is 11.1 Å². The third-order valence-electron chi connectivity index (χ3n) is 2.77. The summed E-state index contributed by atoms with van der Waals surface area (Å²) in [6.07, 6.45) is 0. The Kier molecular flexibility index (Phi) is 3.79. The fourth-order valence-electron chi connectivity index (χ4n) is 1.81. The van der Waals surface area contributed by atoms with E-state index in [-0.39, 0.29) is 0 Å². The molecule has 4 nitrogen and oxygen atoms in total. The Balaban J connectivity index is 2.32. The lowest BCUT2D eigenvalue weighted by atomic mass is 10.1. The molecule has 0 aliphatic rings. The highest BCUT2D eigenvalue weighted by molar-refractivity contribution is 14.1. The molecule has 0 fully saturated rings. The summed E-state index contributed by atoms with van der Waals surface area (Å²) in [5.74, 6) is 1.17. The summed E-state index contributed by atoms with van der Waals surface area (Å²) >= 11 is 2.28. The number of halogens is 1. The highest BCUT2D eigenvalue weighted by atomic mass is 127. The van der Waals surface area contributed by atoms with Crippen LogP contribution in [0.3, 0.4) is 0 Å². The number of nitrogen functional groups attached to an aromatic ring is 1. The molecule has 96 valence electrons. The number of nitrogens with zero attached hydrogens (tertiary/aromatic N) is 2. The van der Waals surface area contributed by atoms with E-state index in [0.29, 0.717) is 5.92 Å². The lowest BCUT2D eigenvalue weighted by molar-refractivity contribution is 0.718. The number of nitrogens with two attached hydrogens (primary N) is 1. The van der Waals surface area contributed by atoms with Crippen LogP contribution < -0.4 is 11.1 Å². The third-order valence-corrected chi connectivity index (χ3v) is 3.49. The summed E-state index contributed by atoms with van der Waals surface area (Å²) in [6.45, 7) is 4.18. The van der Waals surface area contributed by atoms with Gasteiger partial charge in [0.05, 0.1) is 11.4 Å². The minimum atomic E-state index is 0.323. The van der Waals surface area contributed by atoms with E-state index in [0.717, 1.165) is 22.9 Å². The predicted octanol–water partition coefficient (Wildman–Crippen LogP) is 3.47. The average Bonchev–Trinajstić information content (AvgIpc) is 2.60. The van der Waals surface area contributed by atoms with Gasteiger partial charge in [-0.05, 0) is 52.8 Å². The number of rotatable bonds is 3. The quantitative estimate of drug-likeness (QED) is 0.828. The second kappa shape index (κ2) is 5.17. The summed E-state index contributed by atoms with van der Waals surface area (Å²) in [5, 5.41) is 7.77. The van der Waals surface area contributed by atoms with Crippen molar-refractivity contribution in [2.75, 3.05) is 11.1 Å². The van der Waals surface area contributed by atoms with Gasteiger partial charge >= 0.3 is 0 Å². The first-order chi connectivity index (χ1) is 8.49. The first-order valence-corrected chi connectivity index (χ1v) is 6.92. The van der Waals surface area contributed by atoms with Crippen LogP contribution in [0.5, 0.6) is 0 Å². The SMILES string of the molecule is CC(C)c1nn(C)c(Nc2ccc(I)cc2)c1N. The average molecular weight is 356 g/mol. The van der Waals surface area contributed by atoms with E-state index in [2.05, 4.69) is 59.0 Å². The van der Waals surface area contributed by atoms with Crippen LogP contribution in [-0.2, 0) is 7.05 Å². The summed E-state index contributed by atoms with van der Waals surface area (Å²) in [7, 11) is 1.90. The molecule has 2 aromatic rings. The van der Waals surface area contributed by atoms with Crippen molar-refractivity contribution < 1.29 is 0 Å². The zero-order chi connectivity index (χ0) is 13.3. The monoisotopic (exact) mass is 356 g/mol. The second-order valence-corrected chi connectivity index (χ2v) is 5.80. The molecule has 0 saturated carbocycles. The zero-order valence-electron chi connectivity index (χ0n) is 10.7. The molecular formula is C13H17IN4. The molecule has 3 N–H and O–H groups in total. The molecule has 0 bridgehead atoms. The van der Waals surface area contributed by atoms with E-state index in [1.54, 1.807) is 4.68 Å². The van der Waals surface area contributed by atoms with Crippen molar-refractivity contribution in [3.8, 4) is 0 Å². The molecule has 0 atom stereocenters. The lowest BCUT2D eigenvalue weighted by Gasteiger charge is -2.08. The van der Waals surface area contributed by atoms with Gasteiger partial charge in [0.1, 0.15) is 0 Å². The molecule has 0 unspecified atom stereocenters. The summed E-state index contributed by atoms with van der Waals surface area (Å²) in [5.41, 5.74) is 8.81. The zero-order valence-corrected chi connectivity index (χ0v) is 12.9. The van der Waals surface area contributed by atoms with Gasteiger partial charge in [-0.25, -0.2) is 0 Å². The van der Waals surface area contributed by atoms with Crippen LogP contribution >= 0.6 is 22.6 Å². The molecule has 0 aliphatic carbocycles. The number of aromatic nitrogens is 2. The molecular weight excluding hydrogens is 339 g/mol. The van der Waals surface area contributed by atoms with Crippen LogP contribution in [0, 0.1) is 3.57 Å². The number of hydrogen-bond acceptors (Lipinski definition) is 3. The molecule has 2 rings (SSSR count). The Labute approximate surface area is 121 Å². The highest BCUT2D eigenvalue weighted by Gasteiger charge is 2.15. The molecule has 1 aromatic heterocycles. The summed E-state index contributed by atoms with van der Waals surface area (Å²) in [4.78, 5) is 0. The maximum absolute atomic E-state index is 6.14. The second-order valence-electron chi connectivity index (χ2n) is 4.56. The Morgan fingerprint density at radius 1 is 1.28 bits per heavy atom. The van der Waals surface area contributed by atoms with Crippen LogP contribution in [0.25, 0.3) is 0 Å². The van der Waals surface area contributed by atoms with E-state index < -0.39 is 0 Å². The molecule has 0 amide bonds. The molecule has 0 radical (unpaired) electrons. The minimum Gasteiger partial charge on any atom is -0.394 e. The van der Waals surface area contributed by atoms with Gasteiger partial charge in [-0.3, -0.25) is 4.68 Å². The molecule has 0 spiro atoms. The van der Waals surface area contributed by atoms with Crippen molar-refractivity contribution in [2.24, 2.45) is 7.05 Å². The van der Waals surface area contributed by atoms with Crippen molar-refractivity contribution in [1.29, 1.82) is 0 Å². The van der Waals surface area contributed by atoms with Gasteiger partial charge in [-0.1, -0.05) is 13.8 Å². The Morgan fingerprint density at radius 3 is 2.39 bits per heavy atom. The maximum Gasteiger partial charge on any atom is 0.152 e. The fourth-order valence-corrected chi connectivity index (χ4v) is 2.17. The van der Waals surface area contributed by atoms with Gasteiger partial charge in [0.15, 0.2) is 5.82 Å². The predicted molar refractivity (Wildman–Crippen MR) is 84.2 cm³/mol. The van der Waals surface area contributed by atoms with Crippen molar-refractivity contribution in [2.45, 2.75) is 19.8 Å². The fraction of sp³-hybridized carbons (Fsp3) is 0.308. The van der Waals surface area contributed by atoms with Gasteiger partial charge in [-0.2, -0.15) is 5.10 Å². The van der Waals surface area contributed by atoms with Gasteiger partial charge in [0.25, 0.3) is 0 Å². The van der Waals surface area contributed by atoms with Crippen molar-refractivity contribution in [1.82, 2.24) is 9.78 Å². The Hall–Kier alpha value is -1.24. The van der Waals surface area contributed by atoms with E-state index in [9.17, 15) is 0 Å². The molecule has 1 heterocycles. The van der Waals surface area contributed by atoms with Crippen molar-refractivity contribution in [3.05, 3.63) is 33.5 Å². The first kappa shape index (κ1) is 13.2. The Bertz CT molecular complexity index is 543. The maximum atomic E-state index is 6.14. The smallest absolute Gasteiger partial charge is 0.152 e. The molecule has 5 heteroatoms. The van der Waals surface area contributed by atoms with Crippen LogP contribution in [0.1, 0.15) is 25.5 Å². The third kappa shape index (κ3) is 2.60. The highest BCUT2D eigenvalue weighted by Crippen LogP contribution is 2.30. The van der Waals surface area contributed by atoms with E-state index >= 15 is 0 Å². The number of hydrogen-bond donors (Lipinski definition) is 2. The van der Waals surface area contributed by atoms with E-state index in [1.807, 2.05) is 19.2 Å². The van der Waals surface area contributed by atoms with Gasteiger partial charge in [-0.15, -0.1) is 0 Å². The van der Waals surface area contributed by atoms with Crippen molar-refractivity contribution >= 4 is 39.8 Å². The summed E-state index contributed by atoms with van der Waals surface area (Å²) in [6, 6.07) is 8.17. The van der Waals surface area contributed by atoms with E-state index in [4.69, 9.17) is 5.73 Å². The van der Waals surface area contributed by atoms with Crippen molar-refractivity contribution in [3.63, 3.8) is 0 Å². The molecule has 1 aromatic carbocycles. The van der Waals surface area contributed by atoms with Crippen LogP contribution in [0.2, 0.25) is 0 Å². The Morgan fingerprint density at radius 2 is 1.89 bits per heavy atom. The largest absolute Gasteiger partial charge is 0.394 e. The lowest BCUT2D eigenvalue weighted by Crippen LogP contribution is -2.01. The topological polar surface area (TPSA) is 55.9 Å². The van der Waals surface area contributed by atoms with E-state index in [1.165, 1.54) is 3.57 Å². The summed E-state index contributed by atoms with van der Waals surface area (Å²) < 4.78 is 3.00. The molecule has 0 saturated heterocycles. The first-order valence-electron chi connectivity index (χ1n) is 5.84. The molecule has 18 heavy (non-hydrogen) atoms.